The quantitative estimate of drug-likeness (QED) is 0.681. The Balaban J connectivity index is 2.08. The zero-order valence-electron chi connectivity index (χ0n) is 13.9. The summed E-state index contributed by atoms with van der Waals surface area (Å²) in [5.41, 5.74) is 2.18. The Bertz CT molecular complexity index is 946. The van der Waals surface area contributed by atoms with Gasteiger partial charge in [-0.05, 0) is 11.6 Å². The third-order valence-electron chi connectivity index (χ3n) is 3.41. The van der Waals surface area contributed by atoms with Crippen LogP contribution in [-0.4, -0.2) is 33.8 Å². The predicted molar refractivity (Wildman–Crippen MR) is 99.1 cm³/mol. The Labute approximate surface area is 145 Å². The van der Waals surface area contributed by atoms with E-state index in [-0.39, 0.29) is 5.91 Å². The standard InChI is InChI=1S/C17H16N5O2P/c1-11(23)20-16-14(12-6-4-3-5-7-12)8-13-9-18-17(19-10-25(2)24)22-15(13)21-16/h3-9H,10H2,1-2H3,(H-,18,19,20,21,22,23)/p+1. The van der Waals surface area contributed by atoms with E-state index in [1.807, 2.05) is 36.4 Å². The van der Waals surface area contributed by atoms with Crippen molar-refractivity contribution in [1.29, 1.82) is 0 Å². The van der Waals surface area contributed by atoms with Gasteiger partial charge in [0.05, 0.1) is 0 Å². The molecule has 0 fully saturated rings. The first-order chi connectivity index (χ1) is 12.0. The van der Waals surface area contributed by atoms with Gasteiger partial charge in [-0.3, -0.25) is 4.79 Å². The van der Waals surface area contributed by atoms with E-state index in [2.05, 4.69) is 25.6 Å². The average Bonchev–Trinajstić information content (AvgIpc) is 2.59. The molecule has 8 heteroatoms. The number of nitrogens with one attached hydrogen (secondary N) is 2. The van der Waals surface area contributed by atoms with Gasteiger partial charge in [0.15, 0.2) is 5.65 Å². The molecule has 0 spiro atoms. The van der Waals surface area contributed by atoms with Crippen molar-refractivity contribution in [3.63, 3.8) is 0 Å². The van der Waals surface area contributed by atoms with Crippen molar-refractivity contribution in [1.82, 2.24) is 15.0 Å². The number of carbonyl (C=O) groups is 1. The monoisotopic (exact) mass is 354 g/mol. The van der Waals surface area contributed by atoms with Crippen LogP contribution in [0.2, 0.25) is 0 Å². The summed E-state index contributed by atoms with van der Waals surface area (Å²) in [6.07, 6.45) is 1.95. The van der Waals surface area contributed by atoms with E-state index >= 15 is 0 Å². The minimum absolute atomic E-state index is 0.209. The van der Waals surface area contributed by atoms with Gasteiger partial charge in [0.2, 0.25) is 18.1 Å². The minimum atomic E-state index is -1.34. The number of benzene rings is 1. The molecule has 7 nitrogen and oxygen atoms in total. The zero-order valence-corrected chi connectivity index (χ0v) is 14.7. The molecule has 0 saturated carbocycles. The van der Waals surface area contributed by atoms with E-state index in [0.717, 1.165) is 16.5 Å². The maximum absolute atomic E-state index is 11.5. The van der Waals surface area contributed by atoms with Crippen LogP contribution in [0, 0.1) is 0 Å². The van der Waals surface area contributed by atoms with E-state index in [1.54, 1.807) is 12.9 Å². The highest BCUT2D eigenvalue weighted by Crippen LogP contribution is 2.29. The number of hydrogen-bond donors (Lipinski definition) is 2. The zero-order chi connectivity index (χ0) is 17.8. The summed E-state index contributed by atoms with van der Waals surface area (Å²) in [6, 6.07) is 11.6. The van der Waals surface area contributed by atoms with Crippen molar-refractivity contribution in [3.05, 3.63) is 42.6 Å². The number of fused-ring (bicyclic) bond motifs is 1. The Kier molecular flexibility index (Phi) is 4.95. The van der Waals surface area contributed by atoms with Crippen molar-refractivity contribution in [2.45, 2.75) is 6.92 Å². The van der Waals surface area contributed by atoms with Crippen LogP contribution in [-0.2, 0) is 9.36 Å². The molecular formula is C17H17N5O2P+. The largest absolute Gasteiger partial charge is 0.356 e. The summed E-state index contributed by atoms with van der Waals surface area (Å²) in [5.74, 6) is 0.586. The highest BCUT2D eigenvalue weighted by atomic mass is 31.1. The van der Waals surface area contributed by atoms with Crippen LogP contribution < -0.4 is 10.6 Å². The molecule has 0 aliphatic heterocycles. The number of carbonyl (C=O) groups excluding carboxylic acids is 1. The minimum Gasteiger partial charge on any atom is -0.313 e. The molecule has 1 amide bonds. The fraction of sp³-hybridized carbons (Fsp3) is 0.176. The highest BCUT2D eigenvalue weighted by molar-refractivity contribution is 7.43. The summed E-state index contributed by atoms with van der Waals surface area (Å²) < 4.78 is 11.2. The molecule has 1 unspecified atom stereocenters. The SMILES string of the molecule is CC(=O)Nc1nc2nc(NC[P+](C)=O)ncc2cc1-c1ccccc1. The van der Waals surface area contributed by atoms with Crippen LogP contribution in [0.4, 0.5) is 11.8 Å². The first-order valence-corrected chi connectivity index (χ1v) is 9.55. The summed E-state index contributed by atoms with van der Waals surface area (Å²) in [6.45, 7) is 3.06. The van der Waals surface area contributed by atoms with Gasteiger partial charge in [-0.25, -0.2) is 9.97 Å². The third kappa shape index (κ3) is 4.14. The number of rotatable bonds is 5. The van der Waals surface area contributed by atoms with Gasteiger partial charge >= 0.3 is 7.80 Å². The molecule has 2 N–H and O–H groups in total. The fourth-order valence-electron chi connectivity index (χ4n) is 2.33. The molecule has 126 valence electrons. The maximum Gasteiger partial charge on any atom is 0.356 e. The van der Waals surface area contributed by atoms with Gasteiger partial charge in [0, 0.05) is 24.1 Å². The fourth-order valence-corrected chi connectivity index (χ4v) is 2.69. The van der Waals surface area contributed by atoms with Crippen molar-refractivity contribution < 1.29 is 9.36 Å². The van der Waals surface area contributed by atoms with E-state index in [9.17, 15) is 9.36 Å². The van der Waals surface area contributed by atoms with E-state index < -0.39 is 7.80 Å². The Hall–Kier alpha value is -2.92. The molecule has 3 rings (SSSR count). The Morgan fingerprint density at radius 1 is 1.20 bits per heavy atom. The lowest BCUT2D eigenvalue weighted by Crippen LogP contribution is -2.10. The average molecular weight is 354 g/mol. The van der Waals surface area contributed by atoms with E-state index in [1.165, 1.54) is 6.92 Å². The Morgan fingerprint density at radius 3 is 2.64 bits per heavy atom. The van der Waals surface area contributed by atoms with Gasteiger partial charge in [-0.2, -0.15) is 4.98 Å². The molecule has 1 atom stereocenters. The van der Waals surface area contributed by atoms with Crippen LogP contribution in [0.25, 0.3) is 22.2 Å². The number of nitrogens with zero attached hydrogens (tertiary/aromatic N) is 3. The molecule has 1 aromatic carbocycles. The second kappa shape index (κ2) is 7.32. The number of amides is 1. The van der Waals surface area contributed by atoms with Crippen LogP contribution in [0.3, 0.4) is 0 Å². The molecule has 0 radical (unpaired) electrons. The molecule has 0 aliphatic carbocycles. The van der Waals surface area contributed by atoms with Gasteiger partial charge in [-0.15, -0.1) is 0 Å². The summed E-state index contributed by atoms with van der Waals surface area (Å²) in [7, 11) is -1.34. The number of hydrogen-bond acceptors (Lipinski definition) is 6. The normalized spacial score (nSPS) is 11.2. The molecule has 0 aliphatic rings. The second-order valence-electron chi connectivity index (χ2n) is 5.50. The van der Waals surface area contributed by atoms with Crippen LogP contribution in [0.5, 0.6) is 0 Å². The number of pyridine rings is 1. The molecular weight excluding hydrogens is 337 g/mol. The van der Waals surface area contributed by atoms with Gasteiger partial charge < -0.3 is 10.6 Å². The second-order valence-corrected chi connectivity index (χ2v) is 7.07. The summed E-state index contributed by atoms with van der Waals surface area (Å²) in [4.78, 5) is 24.6. The molecule has 0 saturated heterocycles. The van der Waals surface area contributed by atoms with Gasteiger partial charge in [0.1, 0.15) is 12.5 Å². The number of aromatic nitrogens is 3. The van der Waals surface area contributed by atoms with Crippen molar-refractivity contribution >= 4 is 36.5 Å². The third-order valence-corrected chi connectivity index (χ3v) is 4.01. The van der Waals surface area contributed by atoms with Crippen LogP contribution in [0.15, 0.2) is 42.6 Å². The smallest absolute Gasteiger partial charge is 0.313 e. The maximum atomic E-state index is 11.5. The molecule has 2 aromatic heterocycles. The van der Waals surface area contributed by atoms with E-state index in [4.69, 9.17) is 0 Å². The van der Waals surface area contributed by atoms with Gasteiger partial charge in [-0.1, -0.05) is 34.9 Å². The van der Waals surface area contributed by atoms with Crippen molar-refractivity contribution in [3.8, 4) is 11.1 Å². The Morgan fingerprint density at radius 2 is 1.96 bits per heavy atom. The number of anilines is 2. The highest BCUT2D eigenvalue weighted by Gasteiger charge is 2.13. The van der Waals surface area contributed by atoms with Crippen LogP contribution in [0.1, 0.15) is 6.92 Å². The lowest BCUT2D eigenvalue weighted by Gasteiger charge is -2.11. The van der Waals surface area contributed by atoms with Gasteiger partial charge in [0.25, 0.3) is 0 Å². The van der Waals surface area contributed by atoms with Crippen LogP contribution >= 0.6 is 7.80 Å². The lowest BCUT2D eigenvalue weighted by atomic mass is 10.1. The summed E-state index contributed by atoms with van der Waals surface area (Å²) in [5, 5.41) is 6.41. The van der Waals surface area contributed by atoms with Crippen molar-refractivity contribution in [2.24, 2.45) is 0 Å². The molecule has 0 bridgehead atoms. The molecule has 3 aromatic rings. The lowest BCUT2D eigenvalue weighted by molar-refractivity contribution is -0.114. The first kappa shape index (κ1) is 16.9. The predicted octanol–water partition coefficient (Wildman–Crippen LogP) is 3.48. The van der Waals surface area contributed by atoms with Crippen molar-refractivity contribution in [2.75, 3.05) is 23.6 Å². The first-order valence-electron chi connectivity index (χ1n) is 7.66. The van der Waals surface area contributed by atoms with E-state index in [0.29, 0.717) is 23.7 Å². The topological polar surface area (TPSA) is 96.9 Å². The molecule has 25 heavy (non-hydrogen) atoms. The molecule has 2 heterocycles. The summed E-state index contributed by atoms with van der Waals surface area (Å²) >= 11 is 0.